The van der Waals surface area contributed by atoms with Gasteiger partial charge in [-0.1, -0.05) is 75.6 Å². The zero-order valence-electron chi connectivity index (χ0n) is 47.0. The van der Waals surface area contributed by atoms with Crippen LogP contribution in [0, 0.1) is 5.92 Å². The molecule has 0 radical (unpaired) electrons. The van der Waals surface area contributed by atoms with Crippen LogP contribution in [0.1, 0.15) is 80.2 Å². The van der Waals surface area contributed by atoms with Crippen molar-refractivity contribution in [2.75, 3.05) is 63.2 Å². The SMILES string of the molecule is C=CCOC(=O)Nc1cc(O[C@H](CCOc2cc(NC(=O)O)c(C(=O)N3C=C(/C=C/C)C[C@H]3CO)cc2OC)Cc2ccc(NC(=O)C(C)NC(=O)C(NC(=O)OCC=C)C(C)C)cc2)c(OC)cc1C(=O)N1C=C(/C=C/C)C[C@H]1CO. The summed E-state index contributed by atoms with van der Waals surface area (Å²) in [6.45, 7) is 14.7. The number of ether oxygens (including phenoxy) is 6. The van der Waals surface area contributed by atoms with Crippen molar-refractivity contribution >= 4 is 59.0 Å². The third-order valence-electron chi connectivity index (χ3n) is 12.9. The maximum Gasteiger partial charge on any atom is 0.411 e. The van der Waals surface area contributed by atoms with E-state index >= 15 is 0 Å². The third-order valence-corrected chi connectivity index (χ3v) is 12.9. The van der Waals surface area contributed by atoms with Crippen LogP contribution in [-0.4, -0.2) is 145 Å². The fraction of sp³-hybridized carbons (Fsp3) is 0.373. The van der Waals surface area contributed by atoms with E-state index in [1.165, 1.54) is 67.4 Å². The topological polar surface area (TPSA) is 302 Å². The molecule has 0 bridgehead atoms. The molecule has 0 fully saturated rings. The van der Waals surface area contributed by atoms with Crippen LogP contribution in [0.15, 0.2) is 122 Å². The molecule has 3 aromatic rings. The highest BCUT2D eigenvalue weighted by Crippen LogP contribution is 2.39. The monoisotopic (exact) mass is 1140 g/mol. The second kappa shape index (κ2) is 31.1. The van der Waals surface area contributed by atoms with Gasteiger partial charge in [-0.25, -0.2) is 14.4 Å². The molecule has 23 nitrogen and oxygen atoms in total. The van der Waals surface area contributed by atoms with Crippen LogP contribution in [0.2, 0.25) is 0 Å². The molecular weight excluding hydrogens is 1060 g/mol. The van der Waals surface area contributed by atoms with E-state index < -0.39 is 72.2 Å². The number of hydrogen-bond donors (Lipinski definition) is 8. The van der Waals surface area contributed by atoms with Crippen LogP contribution < -0.4 is 45.5 Å². The molecule has 2 aliphatic heterocycles. The zero-order valence-corrected chi connectivity index (χ0v) is 47.0. The Morgan fingerprint density at radius 3 is 1.71 bits per heavy atom. The highest BCUT2D eigenvalue weighted by molar-refractivity contribution is 6.05. The molecule has 2 unspecified atom stereocenters. The Labute approximate surface area is 476 Å². The Morgan fingerprint density at radius 1 is 0.683 bits per heavy atom. The van der Waals surface area contributed by atoms with Crippen molar-refractivity contribution in [3.8, 4) is 23.0 Å². The van der Waals surface area contributed by atoms with Crippen molar-refractivity contribution in [3.05, 3.63) is 138 Å². The summed E-state index contributed by atoms with van der Waals surface area (Å²) in [6.07, 6.45) is 10.2. The summed E-state index contributed by atoms with van der Waals surface area (Å²) in [5.41, 5.74) is 2.41. The van der Waals surface area contributed by atoms with Gasteiger partial charge in [-0.3, -0.25) is 29.8 Å². The van der Waals surface area contributed by atoms with Crippen molar-refractivity contribution < 1.29 is 77.3 Å². The van der Waals surface area contributed by atoms with E-state index in [4.69, 9.17) is 28.4 Å². The van der Waals surface area contributed by atoms with Gasteiger partial charge >= 0.3 is 18.3 Å². The first-order chi connectivity index (χ1) is 39.3. The summed E-state index contributed by atoms with van der Waals surface area (Å²) in [5, 5.41) is 43.2. The highest BCUT2D eigenvalue weighted by atomic mass is 16.6. The van der Waals surface area contributed by atoms with Crippen LogP contribution in [0.3, 0.4) is 0 Å². The number of alkyl carbamates (subject to hydrolysis) is 1. The molecule has 0 aromatic heterocycles. The van der Waals surface area contributed by atoms with Crippen LogP contribution in [0.25, 0.3) is 0 Å². The molecule has 7 amide bonds. The molecule has 0 spiro atoms. The summed E-state index contributed by atoms with van der Waals surface area (Å²) in [4.78, 5) is 95.2. The Bertz CT molecular complexity index is 2940. The number of benzene rings is 3. The quantitative estimate of drug-likeness (QED) is 0.0323. The molecule has 2 heterocycles. The van der Waals surface area contributed by atoms with Crippen LogP contribution in [-0.2, 0) is 25.5 Å². The van der Waals surface area contributed by atoms with E-state index in [0.717, 1.165) is 11.1 Å². The van der Waals surface area contributed by atoms with E-state index in [2.05, 4.69) is 39.7 Å². The predicted molar refractivity (Wildman–Crippen MR) is 306 cm³/mol. The number of amides is 7. The van der Waals surface area contributed by atoms with E-state index in [1.807, 2.05) is 32.1 Å². The largest absolute Gasteiger partial charge is 0.493 e. The molecule has 0 saturated carbocycles. The fourth-order valence-electron chi connectivity index (χ4n) is 8.82. The average molecular weight is 1140 g/mol. The lowest BCUT2D eigenvalue weighted by molar-refractivity contribution is -0.128. The minimum Gasteiger partial charge on any atom is -0.493 e. The molecule has 23 heteroatoms. The smallest absolute Gasteiger partial charge is 0.411 e. The fourth-order valence-corrected chi connectivity index (χ4v) is 8.82. The molecule has 440 valence electrons. The Kier molecular flexibility index (Phi) is 24.1. The van der Waals surface area contributed by atoms with Gasteiger partial charge < -0.3 is 69.5 Å². The lowest BCUT2D eigenvalue weighted by Crippen LogP contribution is -2.53. The van der Waals surface area contributed by atoms with Gasteiger partial charge in [0.2, 0.25) is 11.8 Å². The number of nitrogens with one attached hydrogen (secondary N) is 5. The molecular formula is C59H73N7O16. The molecule has 82 heavy (non-hydrogen) atoms. The molecule has 0 aliphatic carbocycles. The van der Waals surface area contributed by atoms with Crippen LogP contribution >= 0.6 is 0 Å². The van der Waals surface area contributed by atoms with E-state index in [-0.39, 0.29) is 97.3 Å². The van der Waals surface area contributed by atoms with Crippen molar-refractivity contribution in [3.63, 3.8) is 0 Å². The van der Waals surface area contributed by atoms with E-state index in [1.54, 1.807) is 56.6 Å². The molecule has 5 rings (SSSR count). The first kappa shape index (κ1) is 63.7. The Balaban J connectivity index is 1.48. The molecule has 3 aromatic carbocycles. The molecule has 5 atom stereocenters. The van der Waals surface area contributed by atoms with Crippen molar-refractivity contribution in [2.24, 2.45) is 5.92 Å². The second-order valence-corrected chi connectivity index (χ2v) is 19.2. The second-order valence-electron chi connectivity index (χ2n) is 19.2. The number of aliphatic hydroxyl groups is 2. The number of nitrogens with zero attached hydrogens (tertiary/aromatic N) is 2. The number of carbonyl (C=O) groups excluding carboxylic acids is 6. The van der Waals surface area contributed by atoms with Crippen molar-refractivity contribution in [1.82, 2.24) is 20.4 Å². The van der Waals surface area contributed by atoms with Crippen LogP contribution in [0.4, 0.5) is 31.4 Å². The number of anilines is 3. The number of rotatable bonds is 28. The third kappa shape index (κ3) is 17.5. The summed E-state index contributed by atoms with van der Waals surface area (Å²) < 4.78 is 34.7. The Morgan fingerprint density at radius 2 is 1.21 bits per heavy atom. The lowest BCUT2D eigenvalue weighted by atomic mass is 10.0. The highest BCUT2D eigenvalue weighted by Gasteiger charge is 2.34. The first-order valence-electron chi connectivity index (χ1n) is 26.4. The minimum atomic E-state index is -1.46. The van der Waals surface area contributed by atoms with Gasteiger partial charge in [0, 0.05) is 43.1 Å². The lowest BCUT2D eigenvalue weighted by Gasteiger charge is -2.26. The zero-order chi connectivity index (χ0) is 60.0. The first-order valence-corrected chi connectivity index (χ1v) is 26.4. The van der Waals surface area contributed by atoms with Gasteiger partial charge in [-0.2, -0.15) is 0 Å². The summed E-state index contributed by atoms with van der Waals surface area (Å²) in [7, 11) is 2.72. The number of allylic oxidation sites excluding steroid dienone is 4. The number of carboxylic acid groups (broad SMARTS) is 1. The van der Waals surface area contributed by atoms with Gasteiger partial charge in [0.15, 0.2) is 23.0 Å². The van der Waals surface area contributed by atoms with Gasteiger partial charge in [0.05, 0.1) is 68.6 Å². The van der Waals surface area contributed by atoms with Crippen molar-refractivity contribution in [1.29, 1.82) is 0 Å². The van der Waals surface area contributed by atoms with E-state index in [9.17, 15) is 48.9 Å². The average Bonchev–Trinajstić information content (AvgIpc) is 4.15. The number of hydrogen-bond acceptors (Lipinski definition) is 15. The van der Waals surface area contributed by atoms with Gasteiger partial charge in [-0.05, 0) is 80.5 Å². The van der Waals surface area contributed by atoms with Crippen LogP contribution in [0.5, 0.6) is 23.0 Å². The van der Waals surface area contributed by atoms with E-state index in [0.29, 0.717) is 24.1 Å². The number of carbonyl (C=O) groups is 7. The predicted octanol–water partition coefficient (Wildman–Crippen LogP) is 7.70. The maximum atomic E-state index is 14.4. The standard InChI is InChI=1S/C59H73N7O16/c1-10-14-38-24-41(33-67)65(31-38)55(71)44-27-48(77-8)50(29-46(44)62-57(73)74)79-23-20-43(26-37-16-18-40(19-17-37)61-53(69)36(7)60-54(70)52(35(5)6)64-59(76)81-22-13-4)82-51-30-47(63-58(75)80-21-12-3)45(28-49(51)78-9)56(72)66-32-39(15-11-2)25-42(66)34-68/h10-19,27-32,35-36,41-43,52,62,67-68H,3-4,20-26,33-34H2,1-2,5-9H3,(H,60,70)(H,61,69)(H,63,75)(H,64,76)(H,73,74)/b14-10+,15-11+/t36?,41-,42-,43+,52?/m0/s1. The van der Waals surface area contributed by atoms with Gasteiger partial charge in [0.25, 0.3) is 11.8 Å². The summed E-state index contributed by atoms with van der Waals surface area (Å²) in [5.74, 6) is -2.39. The summed E-state index contributed by atoms with van der Waals surface area (Å²) in [6, 6.07) is 8.97. The van der Waals surface area contributed by atoms with Gasteiger partial charge in [0.1, 0.15) is 31.4 Å². The molecule has 0 saturated heterocycles. The Hall–Kier alpha value is -9.09. The molecule has 2 aliphatic rings. The minimum absolute atomic E-state index is 0.0198. The normalized spacial score (nSPS) is 15.8. The maximum absolute atomic E-state index is 14.4. The number of methoxy groups -OCH3 is 2. The molecule has 8 N–H and O–H groups in total. The van der Waals surface area contributed by atoms with Crippen molar-refractivity contribution in [2.45, 2.75) is 90.6 Å². The number of aliphatic hydroxyl groups excluding tert-OH is 2. The van der Waals surface area contributed by atoms with Gasteiger partial charge in [-0.15, -0.1) is 0 Å². The summed E-state index contributed by atoms with van der Waals surface area (Å²) >= 11 is 0.